The van der Waals surface area contributed by atoms with Crippen LogP contribution in [0.4, 0.5) is 0 Å². The van der Waals surface area contributed by atoms with E-state index < -0.39 is 0 Å². The number of rotatable bonds is 5. The third-order valence-corrected chi connectivity index (χ3v) is 2.78. The summed E-state index contributed by atoms with van der Waals surface area (Å²) in [4.78, 5) is 0. The molecule has 0 aliphatic carbocycles. The van der Waals surface area contributed by atoms with Crippen molar-refractivity contribution in [1.82, 2.24) is 15.0 Å². The molecule has 0 saturated heterocycles. The lowest BCUT2D eigenvalue weighted by molar-refractivity contribution is 0.297. The molecule has 1 atom stereocenters. The van der Waals surface area contributed by atoms with Crippen molar-refractivity contribution in [2.45, 2.75) is 32.9 Å². The number of nitrogens with two attached hydrogens (primary N) is 1. The fourth-order valence-electron chi connectivity index (χ4n) is 1.97. The molecule has 2 N–H and O–H groups in total. The van der Waals surface area contributed by atoms with Gasteiger partial charge >= 0.3 is 0 Å². The molecule has 0 saturated carbocycles. The number of ether oxygens (including phenoxy) is 1. The van der Waals surface area contributed by atoms with Crippen molar-refractivity contribution in [2.24, 2.45) is 12.8 Å². The van der Waals surface area contributed by atoms with Crippen LogP contribution in [-0.4, -0.2) is 21.0 Å². The summed E-state index contributed by atoms with van der Waals surface area (Å²) in [5, 5.41) is 7.88. The van der Waals surface area contributed by atoms with Crippen LogP contribution in [0.15, 0.2) is 24.4 Å². The summed E-state index contributed by atoms with van der Waals surface area (Å²) in [5.74, 6) is 0.869. The minimum Gasteiger partial charge on any atom is -0.487 e. The van der Waals surface area contributed by atoms with E-state index in [0.29, 0.717) is 6.61 Å². The van der Waals surface area contributed by atoms with E-state index in [1.807, 2.05) is 32.3 Å². The average Bonchev–Trinajstić information content (AvgIpc) is 2.73. The molecule has 1 heterocycles. The Hall–Kier alpha value is -1.88. The van der Waals surface area contributed by atoms with Crippen molar-refractivity contribution in [2.75, 3.05) is 0 Å². The molecule has 0 aliphatic heterocycles. The van der Waals surface area contributed by atoms with Crippen LogP contribution in [0.25, 0.3) is 0 Å². The van der Waals surface area contributed by atoms with Crippen LogP contribution in [0.3, 0.4) is 0 Å². The number of hydrogen-bond acceptors (Lipinski definition) is 4. The molecule has 1 aromatic carbocycles. The van der Waals surface area contributed by atoms with Crippen LogP contribution >= 0.6 is 0 Å². The lowest BCUT2D eigenvalue weighted by Gasteiger charge is -2.13. The summed E-state index contributed by atoms with van der Waals surface area (Å²) in [5.41, 5.74) is 9.04. The predicted octanol–water partition coefficient (Wildman–Crippen LogP) is 1.59. The molecule has 0 aliphatic rings. The highest BCUT2D eigenvalue weighted by molar-refractivity contribution is 5.37. The topological polar surface area (TPSA) is 66.0 Å². The zero-order valence-electron chi connectivity index (χ0n) is 11.6. The number of hydrogen-bond donors (Lipinski definition) is 1. The monoisotopic (exact) mass is 260 g/mol. The van der Waals surface area contributed by atoms with E-state index in [9.17, 15) is 0 Å². The quantitative estimate of drug-likeness (QED) is 0.886. The standard InChI is InChI=1S/C14H20N4O/c1-10-4-5-14(12(6-10)7-11(2)15)19-9-13-8-18(3)17-16-13/h4-6,8,11H,7,9,15H2,1-3H3. The molecule has 0 spiro atoms. The van der Waals surface area contributed by atoms with E-state index in [1.54, 1.807) is 4.68 Å². The van der Waals surface area contributed by atoms with Gasteiger partial charge in [-0.05, 0) is 31.9 Å². The molecule has 0 radical (unpaired) electrons. The molecule has 0 bridgehead atoms. The number of aryl methyl sites for hydroxylation is 2. The van der Waals surface area contributed by atoms with Gasteiger partial charge in [-0.15, -0.1) is 5.10 Å². The van der Waals surface area contributed by atoms with E-state index in [-0.39, 0.29) is 6.04 Å². The Balaban J connectivity index is 2.10. The third kappa shape index (κ3) is 3.79. The maximum absolute atomic E-state index is 5.87. The van der Waals surface area contributed by atoms with Gasteiger partial charge in [0.05, 0.1) is 6.20 Å². The molecule has 2 aromatic rings. The minimum absolute atomic E-state index is 0.112. The van der Waals surface area contributed by atoms with Gasteiger partial charge in [0.1, 0.15) is 18.1 Å². The van der Waals surface area contributed by atoms with Crippen molar-refractivity contribution in [1.29, 1.82) is 0 Å². The van der Waals surface area contributed by atoms with E-state index >= 15 is 0 Å². The van der Waals surface area contributed by atoms with Crippen molar-refractivity contribution < 1.29 is 4.74 Å². The lowest BCUT2D eigenvalue weighted by Crippen LogP contribution is -2.18. The Kier molecular flexibility index (Phi) is 4.16. The van der Waals surface area contributed by atoms with Crippen molar-refractivity contribution in [3.8, 4) is 5.75 Å². The van der Waals surface area contributed by atoms with E-state index in [4.69, 9.17) is 10.5 Å². The van der Waals surface area contributed by atoms with Gasteiger partial charge in [0.15, 0.2) is 0 Å². The van der Waals surface area contributed by atoms with Gasteiger partial charge in [-0.2, -0.15) is 0 Å². The van der Waals surface area contributed by atoms with Crippen molar-refractivity contribution in [3.63, 3.8) is 0 Å². The van der Waals surface area contributed by atoms with Crippen LogP contribution in [0.1, 0.15) is 23.7 Å². The van der Waals surface area contributed by atoms with Gasteiger partial charge < -0.3 is 10.5 Å². The van der Waals surface area contributed by atoms with Gasteiger partial charge in [0.25, 0.3) is 0 Å². The number of aromatic nitrogens is 3. The second-order valence-corrected chi connectivity index (χ2v) is 4.96. The summed E-state index contributed by atoms with van der Waals surface area (Å²) in [6, 6.07) is 6.26. The largest absolute Gasteiger partial charge is 0.487 e. The average molecular weight is 260 g/mol. The lowest BCUT2D eigenvalue weighted by atomic mass is 10.0. The van der Waals surface area contributed by atoms with Crippen LogP contribution in [0.2, 0.25) is 0 Å². The molecular formula is C14H20N4O. The van der Waals surface area contributed by atoms with Gasteiger partial charge in [-0.3, -0.25) is 4.68 Å². The minimum atomic E-state index is 0.112. The van der Waals surface area contributed by atoms with Crippen LogP contribution < -0.4 is 10.5 Å². The first kappa shape index (κ1) is 13.5. The molecule has 1 unspecified atom stereocenters. The van der Waals surface area contributed by atoms with E-state index in [2.05, 4.69) is 23.3 Å². The molecule has 5 heteroatoms. The summed E-state index contributed by atoms with van der Waals surface area (Å²) in [6.45, 7) is 4.48. The fourth-order valence-corrected chi connectivity index (χ4v) is 1.97. The Bertz CT molecular complexity index is 548. The number of benzene rings is 1. The molecule has 0 fully saturated rings. The summed E-state index contributed by atoms with van der Waals surface area (Å²) < 4.78 is 7.48. The smallest absolute Gasteiger partial charge is 0.134 e. The highest BCUT2D eigenvalue weighted by Crippen LogP contribution is 2.22. The predicted molar refractivity (Wildman–Crippen MR) is 73.9 cm³/mol. The summed E-state index contributed by atoms with van der Waals surface area (Å²) >= 11 is 0. The molecule has 2 rings (SSSR count). The molecular weight excluding hydrogens is 240 g/mol. The van der Waals surface area contributed by atoms with Gasteiger partial charge in [0.2, 0.25) is 0 Å². The van der Waals surface area contributed by atoms with Crippen LogP contribution in [0.5, 0.6) is 5.75 Å². The first-order valence-electron chi connectivity index (χ1n) is 6.37. The normalized spacial score (nSPS) is 12.4. The SMILES string of the molecule is Cc1ccc(OCc2cn(C)nn2)c(CC(C)N)c1. The molecule has 102 valence electrons. The van der Waals surface area contributed by atoms with Crippen molar-refractivity contribution in [3.05, 3.63) is 41.2 Å². The Labute approximate surface area is 113 Å². The van der Waals surface area contributed by atoms with E-state index in [0.717, 1.165) is 23.4 Å². The highest BCUT2D eigenvalue weighted by Gasteiger charge is 2.08. The second-order valence-electron chi connectivity index (χ2n) is 4.96. The zero-order chi connectivity index (χ0) is 13.8. The Morgan fingerprint density at radius 1 is 1.42 bits per heavy atom. The van der Waals surface area contributed by atoms with Gasteiger partial charge in [-0.25, -0.2) is 0 Å². The summed E-state index contributed by atoms with van der Waals surface area (Å²) in [7, 11) is 1.84. The highest BCUT2D eigenvalue weighted by atomic mass is 16.5. The number of nitrogens with zero attached hydrogens (tertiary/aromatic N) is 3. The summed E-state index contributed by atoms with van der Waals surface area (Å²) in [6.07, 6.45) is 2.65. The first-order chi connectivity index (χ1) is 9.04. The van der Waals surface area contributed by atoms with Crippen LogP contribution in [0, 0.1) is 6.92 Å². The zero-order valence-corrected chi connectivity index (χ0v) is 11.6. The Morgan fingerprint density at radius 2 is 2.21 bits per heavy atom. The van der Waals surface area contributed by atoms with Crippen molar-refractivity contribution >= 4 is 0 Å². The molecule has 1 aromatic heterocycles. The van der Waals surface area contributed by atoms with Gasteiger partial charge in [-0.1, -0.05) is 22.9 Å². The van der Waals surface area contributed by atoms with Gasteiger partial charge in [0, 0.05) is 13.1 Å². The third-order valence-electron chi connectivity index (χ3n) is 2.78. The molecule has 5 nitrogen and oxygen atoms in total. The molecule has 0 amide bonds. The Morgan fingerprint density at radius 3 is 2.84 bits per heavy atom. The van der Waals surface area contributed by atoms with E-state index in [1.165, 1.54) is 5.56 Å². The fraction of sp³-hybridized carbons (Fsp3) is 0.429. The maximum Gasteiger partial charge on any atom is 0.134 e. The first-order valence-corrected chi connectivity index (χ1v) is 6.37. The van der Waals surface area contributed by atoms with Crippen LogP contribution in [-0.2, 0) is 20.1 Å². The maximum atomic E-state index is 5.87. The molecule has 19 heavy (non-hydrogen) atoms. The second kappa shape index (κ2) is 5.84.